The second kappa shape index (κ2) is 3.58. The van der Waals surface area contributed by atoms with Crippen molar-refractivity contribution in [2.75, 3.05) is 6.54 Å². The van der Waals surface area contributed by atoms with Crippen LogP contribution in [-0.2, 0) is 0 Å². The molecule has 76 valence electrons. The zero-order valence-corrected chi connectivity index (χ0v) is 8.18. The Labute approximate surface area is 82.8 Å². The number of halogens is 1. The second-order valence-corrected chi connectivity index (χ2v) is 3.78. The van der Waals surface area contributed by atoms with Gasteiger partial charge in [0.25, 0.3) is 0 Å². The molecule has 1 heterocycles. The predicted octanol–water partition coefficient (Wildman–Crippen LogP) is 2.26. The number of phenols is 1. The number of benzene rings is 1. The number of hydrogen-bond donors (Lipinski definition) is 2. The third kappa shape index (κ3) is 1.48. The monoisotopic (exact) mass is 195 g/mol. The number of phenolic OH excluding ortho intramolecular Hbond substituents is 1. The number of nitrogens with one attached hydrogen (secondary N) is 1. The number of rotatable bonds is 1. The van der Waals surface area contributed by atoms with Gasteiger partial charge in [0, 0.05) is 11.6 Å². The second-order valence-electron chi connectivity index (χ2n) is 3.78. The fraction of sp³-hybridized carbons (Fsp3) is 0.455. The molecule has 1 fully saturated rings. The molecule has 0 radical (unpaired) electrons. The van der Waals surface area contributed by atoms with E-state index in [-0.39, 0.29) is 11.8 Å². The highest BCUT2D eigenvalue weighted by Gasteiger charge is 2.21. The number of aromatic hydroxyl groups is 1. The Morgan fingerprint density at radius 2 is 2.29 bits per heavy atom. The van der Waals surface area contributed by atoms with Crippen molar-refractivity contribution in [1.82, 2.24) is 5.32 Å². The Morgan fingerprint density at radius 3 is 2.93 bits per heavy atom. The smallest absolute Gasteiger partial charge is 0.168 e. The predicted molar refractivity (Wildman–Crippen MR) is 52.8 cm³/mol. The molecule has 2 nitrogen and oxygen atoms in total. The van der Waals surface area contributed by atoms with Crippen LogP contribution in [-0.4, -0.2) is 11.7 Å². The Morgan fingerprint density at radius 1 is 1.50 bits per heavy atom. The Bertz CT molecular complexity index is 345. The van der Waals surface area contributed by atoms with Crippen molar-refractivity contribution in [3.8, 4) is 5.75 Å². The van der Waals surface area contributed by atoms with Crippen LogP contribution in [0.5, 0.6) is 5.75 Å². The van der Waals surface area contributed by atoms with Crippen molar-refractivity contribution in [1.29, 1.82) is 0 Å². The summed E-state index contributed by atoms with van der Waals surface area (Å²) in [5.74, 6) is -0.680. The summed E-state index contributed by atoms with van der Waals surface area (Å²) in [6.07, 6.45) is 2.05. The van der Waals surface area contributed by atoms with E-state index in [1.807, 2.05) is 0 Å². The van der Waals surface area contributed by atoms with Crippen LogP contribution in [0.4, 0.5) is 4.39 Å². The summed E-state index contributed by atoms with van der Waals surface area (Å²) in [6.45, 7) is 2.60. The van der Waals surface area contributed by atoms with Gasteiger partial charge in [0.2, 0.25) is 0 Å². The zero-order valence-electron chi connectivity index (χ0n) is 8.18. The summed E-state index contributed by atoms with van der Waals surface area (Å²) in [7, 11) is 0. The lowest BCUT2D eigenvalue weighted by molar-refractivity contribution is 0.415. The van der Waals surface area contributed by atoms with Gasteiger partial charge in [-0.05, 0) is 31.9 Å². The van der Waals surface area contributed by atoms with Gasteiger partial charge >= 0.3 is 0 Å². The van der Waals surface area contributed by atoms with Crippen LogP contribution < -0.4 is 5.32 Å². The molecule has 0 bridgehead atoms. The first kappa shape index (κ1) is 9.46. The molecule has 0 unspecified atom stereocenters. The summed E-state index contributed by atoms with van der Waals surface area (Å²) in [6, 6.07) is 3.63. The van der Waals surface area contributed by atoms with E-state index in [2.05, 4.69) is 5.32 Å². The molecule has 1 saturated heterocycles. The van der Waals surface area contributed by atoms with E-state index < -0.39 is 5.82 Å². The minimum Gasteiger partial charge on any atom is -0.505 e. The molecule has 0 aliphatic carbocycles. The molecular formula is C11H14FNO. The van der Waals surface area contributed by atoms with Crippen molar-refractivity contribution >= 4 is 0 Å². The molecule has 0 spiro atoms. The molecule has 2 N–H and O–H groups in total. The molecule has 1 aliphatic heterocycles. The first-order chi connectivity index (χ1) is 6.70. The zero-order chi connectivity index (χ0) is 10.1. The van der Waals surface area contributed by atoms with E-state index in [9.17, 15) is 9.50 Å². The molecule has 0 saturated carbocycles. The summed E-state index contributed by atoms with van der Waals surface area (Å²) >= 11 is 0. The fourth-order valence-corrected chi connectivity index (χ4v) is 1.91. The van der Waals surface area contributed by atoms with Gasteiger partial charge in [0.15, 0.2) is 11.6 Å². The van der Waals surface area contributed by atoms with Crippen LogP contribution in [0.3, 0.4) is 0 Å². The van der Waals surface area contributed by atoms with Crippen LogP contribution in [0.2, 0.25) is 0 Å². The Hall–Kier alpha value is -1.09. The van der Waals surface area contributed by atoms with Crippen LogP contribution in [0.1, 0.15) is 30.0 Å². The van der Waals surface area contributed by atoms with Crippen LogP contribution in [0.25, 0.3) is 0 Å². The first-order valence-corrected chi connectivity index (χ1v) is 4.91. The van der Waals surface area contributed by atoms with E-state index >= 15 is 0 Å². The summed E-state index contributed by atoms with van der Waals surface area (Å²) < 4.78 is 13.4. The topological polar surface area (TPSA) is 32.3 Å². The lowest BCUT2D eigenvalue weighted by Gasteiger charge is -2.13. The fourth-order valence-electron chi connectivity index (χ4n) is 1.91. The van der Waals surface area contributed by atoms with Gasteiger partial charge in [-0.1, -0.05) is 12.1 Å². The van der Waals surface area contributed by atoms with E-state index in [1.165, 1.54) is 0 Å². The maximum atomic E-state index is 13.4. The standard InChI is InChI=1S/C11H14FNO/c1-7-4-5-8(11(14)10(7)12)9-3-2-6-13-9/h4-5,9,13-14H,2-3,6H2,1H3/t9-/m1/s1. The van der Waals surface area contributed by atoms with E-state index in [4.69, 9.17) is 0 Å². The molecule has 1 aliphatic rings. The molecule has 0 aromatic heterocycles. The van der Waals surface area contributed by atoms with Crippen LogP contribution >= 0.6 is 0 Å². The van der Waals surface area contributed by atoms with Crippen molar-refractivity contribution in [2.24, 2.45) is 0 Å². The minimum atomic E-state index is -0.490. The molecule has 0 amide bonds. The molecule has 2 rings (SSSR count). The molecular weight excluding hydrogens is 181 g/mol. The first-order valence-electron chi connectivity index (χ1n) is 4.91. The van der Waals surface area contributed by atoms with Gasteiger partial charge in [-0.3, -0.25) is 0 Å². The lowest BCUT2D eigenvalue weighted by Crippen LogP contribution is -2.13. The van der Waals surface area contributed by atoms with Gasteiger partial charge in [-0.15, -0.1) is 0 Å². The van der Waals surface area contributed by atoms with Crippen molar-refractivity contribution < 1.29 is 9.50 Å². The molecule has 1 atom stereocenters. The highest BCUT2D eigenvalue weighted by molar-refractivity contribution is 5.40. The largest absolute Gasteiger partial charge is 0.505 e. The van der Waals surface area contributed by atoms with E-state index in [0.29, 0.717) is 11.1 Å². The summed E-state index contributed by atoms with van der Waals surface area (Å²) in [5, 5.41) is 12.9. The third-order valence-electron chi connectivity index (χ3n) is 2.78. The van der Waals surface area contributed by atoms with Gasteiger partial charge in [0.1, 0.15) is 0 Å². The summed E-state index contributed by atoms with van der Waals surface area (Å²) in [4.78, 5) is 0. The molecule has 1 aromatic carbocycles. The van der Waals surface area contributed by atoms with E-state index in [0.717, 1.165) is 19.4 Å². The normalized spacial score (nSPS) is 21.4. The highest BCUT2D eigenvalue weighted by atomic mass is 19.1. The Kier molecular flexibility index (Phi) is 2.42. The van der Waals surface area contributed by atoms with Crippen molar-refractivity contribution in [2.45, 2.75) is 25.8 Å². The minimum absolute atomic E-state index is 0.116. The Balaban J connectivity index is 2.38. The number of aryl methyl sites for hydroxylation is 1. The number of hydrogen-bond acceptors (Lipinski definition) is 2. The lowest BCUT2D eigenvalue weighted by atomic mass is 10.0. The average Bonchev–Trinajstić information content (AvgIpc) is 2.67. The highest BCUT2D eigenvalue weighted by Crippen LogP contribution is 2.32. The average molecular weight is 195 g/mol. The SMILES string of the molecule is Cc1ccc([C@H]2CCCN2)c(O)c1F. The van der Waals surface area contributed by atoms with Crippen molar-refractivity contribution in [3.05, 3.63) is 29.1 Å². The summed E-state index contributed by atoms with van der Waals surface area (Å²) in [5.41, 5.74) is 1.18. The van der Waals surface area contributed by atoms with Gasteiger partial charge in [-0.2, -0.15) is 0 Å². The van der Waals surface area contributed by atoms with Crippen LogP contribution in [0.15, 0.2) is 12.1 Å². The third-order valence-corrected chi connectivity index (χ3v) is 2.78. The van der Waals surface area contributed by atoms with Crippen LogP contribution in [0, 0.1) is 12.7 Å². The van der Waals surface area contributed by atoms with Gasteiger partial charge in [-0.25, -0.2) is 4.39 Å². The maximum Gasteiger partial charge on any atom is 0.168 e. The molecule has 3 heteroatoms. The quantitative estimate of drug-likeness (QED) is 0.720. The van der Waals surface area contributed by atoms with E-state index in [1.54, 1.807) is 19.1 Å². The molecule has 1 aromatic rings. The van der Waals surface area contributed by atoms with Gasteiger partial charge < -0.3 is 10.4 Å². The maximum absolute atomic E-state index is 13.4. The molecule has 14 heavy (non-hydrogen) atoms. The van der Waals surface area contributed by atoms with Crippen molar-refractivity contribution in [3.63, 3.8) is 0 Å². The van der Waals surface area contributed by atoms with Gasteiger partial charge in [0.05, 0.1) is 0 Å².